The van der Waals surface area contributed by atoms with Crippen LogP contribution in [0.3, 0.4) is 0 Å². The predicted octanol–water partition coefficient (Wildman–Crippen LogP) is 3.00. The number of hydrogen-bond acceptors (Lipinski definition) is 7. The number of methoxy groups -OCH3 is 2. The largest absolute Gasteiger partial charge is 0.497 e. The predicted molar refractivity (Wildman–Crippen MR) is 130 cm³/mol. The van der Waals surface area contributed by atoms with Gasteiger partial charge in [0.15, 0.2) is 5.65 Å². The fraction of sp³-hybridized carbons (Fsp3) is 0.120. The Balaban J connectivity index is 1.72. The second-order valence-electron chi connectivity index (χ2n) is 7.21. The van der Waals surface area contributed by atoms with E-state index in [0.717, 1.165) is 5.56 Å². The maximum Gasteiger partial charge on any atom is 0.247 e. The average Bonchev–Trinajstić information content (AvgIpc) is 3.21. The van der Waals surface area contributed by atoms with E-state index in [2.05, 4.69) is 38.8 Å². The van der Waals surface area contributed by atoms with Crippen molar-refractivity contribution in [3.63, 3.8) is 0 Å². The van der Waals surface area contributed by atoms with Gasteiger partial charge in [0.05, 0.1) is 26.2 Å². The minimum absolute atomic E-state index is 0.283. The molecule has 0 saturated carbocycles. The lowest BCUT2D eigenvalue weighted by molar-refractivity contribution is -0.111. The molecule has 4 aromatic rings. The summed E-state index contributed by atoms with van der Waals surface area (Å²) in [4.78, 5) is 20.1. The number of nitrogens with zero attached hydrogens (tertiary/aromatic N) is 4. The standard InChI is InChI=1S/C25H22N6O3/c1-4-22(32)29-18-7-5-6-17(10-18)14-31-25-23(24(26)27-15-28-25)21(30-31)9-8-16-11-19(33-2)13-20(12-16)34-3/h4-7,10-13,15H,1,14H2,2-3H3,(H,29,32)(H2,26,27,28). The highest BCUT2D eigenvalue weighted by Crippen LogP contribution is 2.24. The Hall–Kier alpha value is -4.84. The SMILES string of the molecule is C=CC(=O)Nc1cccc(Cn2nc(C#Cc3cc(OC)cc(OC)c3)c3c(N)ncnc32)c1. The van der Waals surface area contributed by atoms with Crippen LogP contribution in [0.5, 0.6) is 11.5 Å². The molecule has 0 unspecified atom stereocenters. The zero-order valence-corrected chi connectivity index (χ0v) is 18.7. The van der Waals surface area contributed by atoms with E-state index in [-0.39, 0.29) is 11.7 Å². The molecule has 2 aromatic carbocycles. The Kier molecular flexibility index (Phi) is 6.41. The van der Waals surface area contributed by atoms with Crippen LogP contribution in [0.15, 0.2) is 61.4 Å². The van der Waals surface area contributed by atoms with Gasteiger partial charge in [0.25, 0.3) is 0 Å². The molecule has 0 spiro atoms. The first-order valence-electron chi connectivity index (χ1n) is 10.2. The molecular formula is C25H22N6O3. The number of ether oxygens (including phenoxy) is 2. The molecule has 1 amide bonds. The molecule has 0 fully saturated rings. The van der Waals surface area contributed by atoms with Crippen LogP contribution >= 0.6 is 0 Å². The summed E-state index contributed by atoms with van der Waals surface area (Å²) in [6.45, 7) is 3.86. The van der Waals surface area contributed by atoms with E-state index >= 15 is 0 Å². The zero-order chi connectivity index (χ0) is 24.1. The quantitative estimate of drug-likeness (QED) is 0.340. The fourth-order valence-electron chi connectivity index (χ4n) is 3.35. The first kappa shape index (κ1) is 22.4. The molecule has 170 valence electrons. The van der Waals surface area contributed by atoms with E-state index in [0.29, 0.717) is 46.0 Å². The third-order valence-electron chi connectivity index (χ3n) is 4.95. The molecule has 0 atom stereocenters. The molecule has 0 aliphatic heterocycles. The number of nitrogens with two attached hydrogens (primary N) is 1. The molecule has 0 radical (unpaired) electrons. The van der Waals surface area contributed by atoms with Crippen LogP contribution in [-0.2, 0) is 11.3 Å². The summed E-state index contributed by atoms with van der Waals surface area (Å²) in [7, 11) is 3.16. The second-order valence-corrected chi connectivity index (χ2v) is 7.21. The first-order chi connectivity index (χ1) is 16.5. The summed E-state index contributed by atoms with van der Waals surface area (Å²) in [5, 5.41) is 7.97. The Labute approximate surface area is 196 Å². The molecule has 4 rings (SSSR count). The first-order valence-corrected chi connectivity index (χ1v) is 10.2. The monoisotopic (exact) mass is 454 g/mol. The maximum atomic E-state index is 11.6. The molecule has 2 heterocycles. The lowest BCUT2D eigenvalue weighted by atomic mass is 10.2. The van der Waals surface area contributed by atoms with Crippen LogP contribution < -0.4 is 20.5 Å². The number of anilines is 2. The molecule has 0 bridgehead atoms. The van der Waals surface area contributed by atoms with Crippen molar-refractivity contribution in [3.8, 4) is 23.3 Å². The lowest BCUT2D eigenvalue weighted by Gasteiger charge is -2.07. The van der Waals surface area contributed by atoms with Gasteiger partial charge in [0.2, 0.25) is 5.91 Å². The van der Waals surface area contributed by atoms with Gasteiger partial charge in [0, 0.05) is 17.3 Å². The van der Waals surface area contributed by atoms with Crippen molar-refractivity contribution in [1.29, 1.82) is 0 Å². The smallest absolute Gasteiger partial charge is 0.247 e. The van der Waals surface area contributed by atoms with Crippen molar-refractivity contribution in [3.05, 3.63) is 78.3 Å². The summed E-state index contributed by atoms with van der Waals surface area (Å²) in [5.74, 6) is 7.43. The van der Waals surface area contributed by atoms with Crippen molar-refractivity contribution in [2.45, 2.75) is 6.54 Å². The number of amides is 1. The summed E-state index contributed by atoms with van der Waals surface area (Å²) in [5.41, 5.74) is 9.41. The number of rotatable bonds is 6. The number of nitrogen functional groups attached to an aromatic ring is 1. The highest BCUT2D eigenvalue weighted by Gasteiger charge is 2.15. The fourth-order valence-corrected chi connectivity index (χ4v) is 3.35. The number of carbonyl (C=O) groups is 1. The van der Waals surface area contributed by atoms with Crippen LogP contribution in [0.4, 0.5) is 11.5 Å². The van der Waals surface area contributed by atoms with E-state index in [1.54, 1.807) is 43.2 Å². The third kappa shape index (κ3) is 4.81. The topological polar surface area (TPSA) is 117 Å². The van der Waals surface area contributed by atoms with Crippen molar-refractivity contribution < 1.29 is 14.3 Å². The van der Waals surface area contributed by atoms with Gasteiger partial charge >= 0.3 is 0 Å². The number of benzene rings is 2. The van der Waals surface area contributed by atoms with Gasteiger partial charge in [-0.1, -0.05) is 24.6 Å². The molecular weight excluding hydrogens is 432 g/mol. The van der Waals surface area contributed by atoms with Crippen LogP contribution in [0, 0.1) is 11.8 Å². The highest BCUT2D eigenvalue weighted by atomic mass is 16.5. The highest BCUT2D eigenvalue weighted by molar-refractivity contribution is 5.98. The average molecular weight is 454 g/mol. The number of fused-ring (bicyclic) bond motifs is 1. The van der Waals surface area contributed by atoms with Crippen LogP contribution in [-0.4, -0.2) is 39.9 Å². The number of aromatic nitrogens is 4. The van der Waals surface area contributed by atoms with Gasteiger partial charge in [-0.3, -0.25) is 4.79 Å². The summed E-state index contributed by atoms with van der Waals surface area (Å²) in [6.07, 6.45) is 2.61. The second kappa shape index (κ2) is 9.75. The third-order valence-corrected chi connectivity index (χ3v) is 4.95. The van der Waals surface area contributed by atoms with Crippen molar-refractivity contribution >= 4 is 28.4 Å². The van der Waals surface area contributed by atoms with Crippen LogP contribution in [0.2, 0.25) is 0 Å². The molecule has 0 aliphatic carbocycles. The van der Waals surface area contributed by atoms with Gasteiger partial charge in [-0.15, -0.1) is 0 Å². The Bertz CT molecular complexity index is 1430. The molecule has 9 nitrogen and oxygen atoms in total. The molecule has 0 aliphatic rings. The zero-order valence-electron chi connectivity index (χ0n) is 18.7. The lowest BCUT2D eigenvalue weighted by Crippen LogP contribution is -2.08. The van der Waals surface area contributed by atoms with Crippen molar-refractivity contribution in [2.75, 3.05) is 25.3 Å². The molecule has 3 N–H and O–H groups in total. The molecule has 2 aromatic heterocycles. The number of nitrogens with one attached hydrogen (secondary N) is 1. The van der Waals surface area contributed by atoms with E-state index in [9.17, 15) is 4.79 Å². The Morgan fingerprint density at radius 1 is 1.15 bits per heavy atom. The maximum absolute atomic E-state index is 11.6. The Morgan fingerprint density at radius 2 is 1.91 bits per heavy atom. The number of hydrogen-bond donors (Lipinski definition) is 2. The van der Waals surface area contributed by atoms with Gasteiger partial charge in [-0.05, 0) is 41.8 Å². The summed E-state index contributed by atoms with van der Waals surface area (Å²) < 4.78 is 12.3. The van der Waals surface area contributed by atoms with E-state index in [1.807, 2.05) is 18.2 Å². The van der Waals surface area contributed by atoms with Crippen LogP contribution in [0.1, 0.15) is 16.8 Å². The van der Waals surface area contributed by atoms with Gasteiger partial charge in [-0.25, -0.2) is 14.6 Å². The summed E-state index contributed by atoms with van der Waals surface area (Å²) >= 11 is 0. The molecule has 9 heteroatoms. The van der Waals surface area contributed by atoms with Crippen LogP contribution in [0.25, 0.3) is 11.0 Å². The number of carbonyl (C=O) groups excluding carboxylic acids is 1. The minimum atomic E-state index is -0.283. The Morgan fingerprint density at radius 3 is 2.62 bits per heavy atom. The van der Waals surface area contributed by atoms with E-state index in [4.69, 9.17) is 15.2 Å². The van der Waals surface area contributed by atoms with Gasteiger partial charge in [-0.2, -0.15) is 5.10 Å². The normalized spacial score (nSPS) is 10.3. The molecule has 0 saturated heterocycles. The van der Waals surface area contributed by atoms with Gasteiger partial charge < -0.3 is 20.5 Å². The molecule has 34 heavy (non-hydrogen) atoms. The van der Waals surface area contributed by atoms with Gasteiger partial charge in [0.1, 0.15) is 29.3 Å². The van der Waals surface area contributed by atoms with Crippen molar-refractivity contribution in [1.82, 2.24) is 19.7 Å². The minimum Gasteiger partial charge on any atom is -0.497 e. The van der Waals surface area contributed by atoms with E-state index < -0.39 is 0 Å². The van der Waals surface area contributed by atoms with Crippen molar-refractivity contribution in [2.24, 2.45) is 0 Å². The summed E-state index contributed by atoms with van der Waals surface area (Å²) in [6, 6.07) is 12.8. The van der Waals surface area contributed by atoms with E-state index in [1.165, 1.54) is 12.4 Å².